The third kappa shape index (κ3) is 4.03. The molecule has 2 amide bonds. The summed E-state index contributed by atoms with van der Waals surface area (Å²) in [5.74, 6) is 1.43. The zero-order chi connectivity index (χ0) is 23.9. The van der Waals surface area contributed by atoms with Crippen molar-refractivity contribution in [2.75, 3.05) is 35.3 Å². The molecule has 0 aliphatic carbocycles. The number of hydrogen-bond donors (Lipinski definition) is 2. The first kappa shape index (κ1) is 21.8. The fourth-order valence-corrected chi connectivity index (χ4v) is 4.40. The second kappa shape index (κ2) is 8.37. The Morgan fingerprint density at radius 1 is 1.00 bits per heavy atom. The summed E-state index contributed by atoms with van der Waals surface area (Å²) in [4.78, 5) is 31.5. The van der Waals surface area contributed by atoms with E-state index in [1.54, 1.807) is 30.2 Å². The molecule has 2 N–H and O–H groups in total. The van der Waals surface area contributed by atoms with Gasteiger partial charge in [0.2, 0.25) is 5.91 Å². The fraction of sp³-hybridized carbons (Fsp3) is 0.269. The van der Waals surface area contributed by atoms with Crippen molar-refractivity contribution in [2.45, 2.75) is 26.2 Å². The molecule has 0 unspecified atom stereocenters. The van der Waals surface area contributed by atoms with E-state index >= 15 is 0 Å². The molecule has 0 spiro atoms. The van der Waals surface area contributed by atoms with Crippen molar-refractivity contribution in [3.05, 3.63) is 65.9 Å². The van der Waals surface area contributed by atoms with Crippen molar-refractivity contribution in [1.29, 1.82) is 0 Å². The van der Waals surface area contributed by atoms with Gasteiger partial charge in [0.1, 0.15) is 19.0 Å². The monoisotopic (exact) mass is 458 g/mol. The molecule has 3 aromatic rings. The van der Waals surface area contributed by atoms with Gasteiger partial charge in [-0.25, -0.2) is 4.98 Å². The van der Waals surface area contributed by atoms with Gasteiger partial charge in [-0.1, -0.05) is 19.9 Å². The first-order chi connectivity index (χ1) is 16.3. The van der Waals surface area contributed by atoms with Gasteiger partial charge in [0.25, 0.3) is 5.91 Å². The Bertz CT molecular complexity index is 1290. The molecule has 8 nitrogen and oxygen atoms in total. The first-order valence-corrected chi connectivity index (χ1v) is 11.2. The molecule has 2 aliphatic heterocycles. The molecule has 174 valence electrons. The largest absolute Gasteiger partial charge is 0.486 e. The molecule has 0 saturated carbocycles. The number of ether oxygens (including phenoxy) is 2. The molecular weight excluding hydrogens is 432 g/mol. The van der Waals surface area contributed by atoms with Gasteiger partial charge < -0.3 is 25.0 Å². The van der Waals surface area contributed by atoms with Crippen LogP contribution < -0.4 is 25.0 Å². The van der Waals surface area contributed by atoms with Crippen LogP contribution in [-0.4, -0.2) is 36.6 Å². The number of benzene rings is 2. The van der Waals surface area contributed by atoms with Crippen LogP contribution in [0, 0.1) is 0 Å². The van der Waals surface area contributed by atoms with Crippen LogP contribution in [0.25, 0.3) is 0 Å². The van der Waals surface area contributed by atoms with Gasteiger partial charge in [0.05, 0.1) is 5.56 Å². The summed E-state index contributed by atoms with van der Waals surface area (Å²) in [7, 11) is 0. The molecule has 3 heterocycles. The van der Waals surface area contributed by atoms with Gasteiger partial charge in [-0.05, 0) is 42.0 Å². The average Bonchev–Trinajstić information content (AvgIpc) is 3.10. The number of fused-ring (bicyclic) bond motifs is 2. The number of carbonyl (C=O) groups excluding carboxylic acids is 2. The van der Waals surface area contributed by atoms with Crippen LogP contribution in [0.2, 0.25) is 0 Å². The second-order valence-corrected chi connectivity index (χ2v) is 9.06. The van der Waals surface area contributed by atoms with E-state index in [9.17, 15) is 9.59 Å². The van der Waals surface area contributed by atoms with Crippen molar-refractivity contribution >= 4 is 34.7 Å². The van der Waals surface area contributed by atoms with E-state index in [1.165, 1.54) is 0 Å². The fourth-order valence-electron chi connectivity index (χ4n) is 4.40. The smallest absolute Gasteiger partial charge is 0.259 e. The van der Waals surface area contributed by atoms with E-state index in [-0.39, 0.29) is 17.2 Å². The van der Waals surface area contributed by atoms with Crippen molar-refractivity contribution in [3.8, 4) is 11.5 Å². The normalized spacial score (nSPS) is 15.4. The van der Waals surface area contributed by atoms with Crippen LogP contribution in [0.1, 0.15) is 36.7 Å². The Hall–Kier alpha value is -4.07. The number of aromatic nitrogens is 1. The lowest BCUT2D eigenvalue weighted by Crippen LogP contribution is -2.32. The Labute approximate surface area is 197 Å². The van der Waals surface area contributed by atoms with Gasteiger partial charge in [-0.2, -0.15) is 0 Å². The molecule has 5 rings (SSSR count). The molecule has 1 aromatic heterocycles. The SMILES string of the molecule is CC(=O)N1CC(C)(C)c2ccc(NC(=O)c3cccnc3Nc3ccc4c(c3)OCCO4)cc21. The zero-order valence-corrected chi connectivity index (χ0v) is 19.3. The lowest BCUT2D eigenvalue weighted by atomic mass is 9.87. The van der Waals surface area contributed by atoms with Crippen LogP contribution in [-0.2, 0) is 10.2 Å². The van der Waals surface area contributed by atoms with Crippen LogP contribution in [0.3, 0.4) is 0 Å². The van der Waals surface area contributed by atoms with Crippen LogP contribution in [0.5, 0.6) is 11.5 Å². The summed E-state index contributed by atoms with van der Waals surface area (Å²) in [6.07, 6.45) is 1.62. The maximum Gasteiger partial charge on any atom is 0.259 e. The minimum absolute atomic E-state index is 0.0199. The summed E-state index contributed by atoms with van der Waals surface area (Å²) < 4.78 is 11.2. The number of hydrogen-bond acceptors (Lipinski definition) is 6. The van der Waals surface area contributed by atoms with Crippen molar-refractivity contribution in [3.63, 3.8) is 0 Å². The van der Waals surface area contributed by atoms with E-state index in [0.29, 0.717) is 48.3 Å². The molecule has 2 aliphatic rings. The van der Waals surface area contributed by atoms with Crippen LogP contribution >= 0.6 is 0 Å². The predicted molar refractivity (Wildman–Crippen MR) is 130 cm³/mol. The van der Waals surface area contributed by atoms with E-state index < -0.39 is 0 Å². The van der Waals surface area contributed by atoms with E-state index in [0.717, 1.165) is 16.9 Å². The quantitative estimate of drug-likeness (QED) is 0.598. The summed E-state index contributed by atoms with van der Waals surface area (Å²) in [6, 6.07) is 14.6. The Kier molecular flexibility index (Phi) is 5.36. The minimum Gasteiger partial charge on any atom is -0.486 e. The Morgan fingerprint density at radius 3 is 2.56 bits per heavy atom. The van der Waals surface area contributed by atoms with Crippen LogP contribution in [0.4, 0.5) is 22.9 Å². The second-order valence-electron chi connectivity index (χ2n) is 9.06. The summed E-state index contributed by atoms with van der Waals surface area (Å²) in [5, 5.41) is 6.15. The van der Waals surface area contributed by atoms with E-state index in [4.69, 9.17) is 9.47 Å². The average molecular weight is 459 g/mol. The number of anilines is 4. The topological polar surface area (TPSA) is 92.8 Å². The van der Waals surface area contributed by atoms with Gasteiger partial charge >= 0.3 is 0 Å². The molecule has 0 radical (unpaired) electrons. The summed E-state index contributed by atoms with van der Waals surface area (Å²) in [5.41, 5.74) is 3.50. The molecule has 8 heteroatoms. The zero-order valence-electron chi connectivity index (χ0n) is 19.3. The highest BCUT2D eigenvalue weighted by atomic mass is 16.6. The highest BCUT2D eigenvalue weighted by molar-refractivity contribution is 6.08. The Morgan fingerprint density at radius 2 is 1.76 bits per heavy atom. The molecule has 0 bridgehead atoms. The lowest BCUT2D eigenvalue weighted by Gasteiger charge is -2.19. The van der Waals surface area contributed by atoms with Crippen molar-refractivity contribution in [2.24, 2.45) is 0 Å². The molecular formula is C26H26N4O4. The van der Waals surface area contributed by atoms with E-state index in [2.05, 4.69) is 29.5 Å². The summed E-state index contributed by atoms with van der Waals surface area (Å²) in [6.45, 7) is 7.40. The number of rotatable bonds is 4. The summed E-state index contributed by atoms with van der Waals surface area (Å²) >= 11 is 0. The van der Waals surface area contributed by atoms with Gasteiger partial charge in [0, 0.05) is 48.2 Å². The van der Waals surface area contributed by atoms with Crippen molar-refractivity contribution in [1.82, 2.24) is 4.98 Å². The minimum atomic E-state index is -0.306. The number of amides is 2. The maximum atomic E-state index is 13.2. The maximum absolute atomic E-state index is 13.2. The van der Waals surface area contributed by atoms with E-state index in [1.807, 2.05) is 36.4 Å². The molecule has 0 fully saturated rings. The van der Waals surface area contributed by atoms with Crippen LogP contribution in [0.15, 0.2) is 54.7 Å². The third-order valence-corrected chi connectivity index (χ3v) is 6.07. The number of pyridine rings is 1. The van der Waals surface area contributed by atoms with Crippen molar-refractivity contribution < 1.29 is 19.1 Å². The molecule has 34 heavy (non-hydrogen) atoms. The lowest BCUT2D eigenvalue weighted by molar-refractivity contribution is -0.116. The molecule has 2 aromatic carbocycles. The number of nitrogens with one attached hydrogen (secondary N) is 2. The highest BCUT2D eigenvalue weighted by Gasteiger charge is 2.37. The number of carbonyl (C=O) groups is 2. The standard InChI is InChI=1S/C26H26N4O4/c1-16(31)30-15-26(2,3)20-8-6-17(13-21(20)30)29-25(32)19-5-4-10-27-24(19)28-18-7-9-22-23(14-18)34-12-11-33-22/h4-10,13-14H,11-12,15H2,1-3H3,(H,27,28)(H,29,32). The van der Waals surface area contributed by atoms with Gasteiger partial charge in [0.15, 0.2) is 11.5 Å². The first-order valence-electron chi connectivity index (χ1n) is 11.2. The highest BCUT2D eigenvalue weighted by Crippen LogP contribution is 2.42. The number of nitrogens with zero attached hydrogens (tertiary/aromatic N) is 2. The van der Waals surface area contributed by atoms with Gasteiger partial charge in [-0.15, -0.1) is 0 Å². The molecule has 0 saturated heterocycles. The molecule has 0 atom stereocenters. The predicted octanol–water partition coefficient (Wildman–Crippen LogP) is 4.49. The third-order valence-electron chi connectivity index (χ3n) is 6.07. The Balaban J connectivity index is 1.39. The van der Waals surface area contributed by atoms with Gasteiger partial charge in [-0.3, -0.25) is 9.59 Å².